The Hall–Kier alpha value is -2.25. The lowest BCUT2D eigenvalue weighted by Crippen LogP contribution is -2.01. The molecule has 18 heavy (non-hydrogen) atoms. The normalized spacial score (nSPS) is 20.2. The van der Waals surface area contributed by atoms with Gasteiger partial charge < -0.3 is 5.73 Å². The number of nitrogens with zero attached hydrogens (tertiary/aromatic N) is 3. The third-order valence-electron chi connectivity index (χ3n) is 2.69. The second kappa shape index (κ2) is 5.89. The summed E-state index contributed by atoms with van der Waals surface area (Å²) < 4.78 is 0. The first kappa shape index (κ1) is 12.2. The average molecular weight is 238 g/mol. The molecular weight excluding hydrogens is 224 g/mol. The Kier molecular flexibility index (Phi) is 4.00. The van der Waals surface area contributed by atoms with Crippen LogP contribution in [0.4, 0.5) is 0 Å². The molecule has 4 nitrogen and oxygen atoms in total. The lowest BCUT2D eigenvalue weighted by atomic mass is 10.2. The Bertz CT molecular complexity index is 518. The molecule has 1 aliphatic carbocycles. The maximum atomic E-state index is 8.23. The van der Waals surface area contributed by atoms with Crippen LogP contribution in [0.25, 0.3) is 0 Å². The van der Waals surface area contributed by atoms with Gasteiger partial charge in [0.05, 0.1) is 0 Å². The molecule has 2 aromatic heterocycles. The van der Waals surface area contributed by atoms with Crippen LogP contribution in [0.3, 0.4) is 0 Å². The van der Waals surface area contributed by atoms with E-state index in [1.54, 1.807) is 24.4 Å². The van der Waals surface area contributed by atoms with Gasteiger partial charge in [-0.05, 0) is 30.7 Å². The molecule has 2 heterocycles. The van der Waals surface area contributed by atoms with E-state index in [4.69, 9.17) is 11.0 Å². The molecule has 0 radical (unpaired) electrons. The van der Waals surface area contributed by atoms with Crippen LogP contribution in [0.15, 0.2) is 48.8 Å². The van der Waals surface area contributed by atoms with Crippen molar-refractivity contribution in [2.45, 2.75) is 18.4 Å². The van der Waals surface area contributed by atoms with Gasteiger partial charge in [-0.3, -0.25) is 4.98 Å². The first-order valence-corrected chi connectivity index (χ1v) is 5.79. The van der Waals surface area contributed by atoms with Gasteiger partial charge in [-0.1, -0.05) is 12.1 Å². The van der Waals surface area contributed by atoms with Crippen LogP contribution in [0.2, 0.25) is 0 Å². The lowest BCUT2D eigenvalue weighted by molar-refractivity contribution is 0.945. The van der Waals surface area contributed by atoms with Crippen molar-refractivity contribution in [1.29, 1.82) is 5.26 Å². The molecule has 2 N–H and O–H groups in total. The summed E-state index contributed by atoms with van der Waals surface area (Å²) in [6.45, 7) is 0. The minimum Gasteiger partial charge on any atom is -0.327 e. The molecule has 4 heteroatoms. The first-order chi connectivity index (χ1) is 8.81. The number of rotatable bonds is 1. The molecule has 1 saturated carbocycles. The SMILES string of the molecule is N#Cc1ccccn1.NC1CC1c1ccccn1. The second-order valence-corrected chi connectivity index (χ2v) is 4.09. The molecule has 90 valence electrons. The molecule has 0 saturated heterocycles. The number of aromatic nitrogens is 2. The summed E-state index contributed by atoms with van der Waals surface area (Å²) in [6.07, 6.45) is 4.52. The highest BCUT2D eigenvalue weighted by Gasteiger charge is 2.35. The van der Waals surface area contributed by atoms with Gasteiger partial charge in [0.1, 0.15) is 11.8 Å². The van der Waals surface area contributed by atoms with Crippen molar-refractivity contribution >= 4 is 0 Å². The summed E-state index contributed by atoms with van der Waals surface area (Å²) in [6, 6.07) is 13.5. The van der Waals surface area contributed by atoms with Crippen molar-refractivity contribution in [1.82, 2.24) is 9.97 Å². The molecule has 1 aliphatic rings. The van der Waals surface area contributed by atoms with Gasteiger partial charge in [-0.2, -0.15) is 5.26 Å². The van der Waals surface area contributed by atoms with Crippen LogP contribution >= 0.6 is 0 Å². The minimum atomic E-state index is 0.370. The largest absolute Gasteiger partial charge is 0.327 e. The van der Waals surface area contributed by atoms with Crippen molar-refractivity contribution in [2.24, 2.45) is 5.73 Å². The van der Waals surface area contributed by atoms with Crippen molar-refractivity contribution in [3.05, 3.63) is 60.2 Å². The van der Waals surface area contributed by atoms with Crippen LogP contribution < -0.4 is 5.73 Å². The average Bonchev–Trinajstić information content (AvgIpc) is 3.19. The van der Waals surface area contributed by atoms with E-state index < -0.39 is 0 Å². The van der Waals surface area contributed by atoms with Crippen LogP contribution in [-0.4, -0.2) is 16.0 Å². The van der Waals surface area contributed by atoms with E-state index in [2.05, 4.69) is 9.97 Å². The van der Waals surface area contributed by atoms with Gasteiger partial charge in [0.15, 0.2) is 0 Å². The molecule has 2 unspecified atom stereocenters. The topological polar surface area (TPSA) is 75.6 Å². The smallest absolute Gasteiger partial charge is 0.140 e. The molecule has 1 fully saturated rings. The molecule has 3 rings (SSSR count). The van der Waals surface area contributed by atoms with Crippen molar-refractivity contribution < 1.29 is 0 Å². The Morgan fingerprint density at radius 1 is 1.11 bits per heavy atom. The molecular formula is C14H14N4. The zero-order valence-electron chi connectivity index (χ0n) is 9.90. The zero-order chi connectivity index (χ0) is 12.8. The molecule has 0 aromatic carbocycles. The van der Waals surface area contributed by atoms with Crippen molar-refractivity contribution in [2.75, 3.05) is 0 Å². The van der Waals surface area contributed by atoms with Crippen LogP contribution in [-0.2, 0) is 0 Å². The lowest BCUT2D eigenvalue weighted by Gasteiger charge is -1.93. The Balaban J connectivity index is 0.000000138. The number of hydrogen-bond acceptors (Lipinski definition) is 4. The Morgan fingerprint density at radius 2 is 1.78 bits per heavy atom. The summed E-state index contributed by atoms with van der Waals surface area (Å²) in [5.74, 6) is 0.543. The second-order valence-electron chi connectivity index (χ2n) is 4.09. The van der Waals surface area contributed by atoms with Gasteiger partial charge in [0, 0.05) is 30.0 Å². The standard InChI is InChI=1S/C8H10N2.C6H4N2/c9-7-5-6(7)8-3-1-2-4-10-8;7-5-6-3-1-2-4-8-6/h1-4,6-7H,5,9H2;1-4H. The van der Waals surface area contributed by atoms with Gasteiger partial charge in [-0.25, -0.2) is 4.98 Å². The third kappa shape index (κ3) is 3.37. The molecule has 0 aliphatic heterocycles. The molecule has 0 spiro atoms. The summed E-state index contributed by atoms with van der Waals surface area (Å²) in [7, 11) is 0. The quantitative estimate of drug-likeness (QED) is 0.822. The number of hydrogen-bond donors (Lipinski definition) is 1. The predicted molar refractivity (Wildman–Crippen MR) is 68.5 cm³/mol. The highest BCUT2D eigenvalue weighted by atomic mass is 14.8. The van der Waals surface area contributed by atoms with Crippen LogP contribution in [0.5, 0.6) is 0 Å². The molecule has 0 amide bonds. The summed E-state index contributed by atoms with van der Waals surface area (Å²) in [5, 5.41) is 8.23. The van der Waals surface area contributed by atoms with Gasteiger partial charge >= 0.3 is 0 Å². The summed E-state index contributed by atoms with van der Waals surface area (Å²) in [5.41, 5.74) is 7.27. The Morgan fingerprint density at radius 3 is 2.17 bits per heavy atom. The molecule has 2 aromatic rings. The van der Waals surface area contributed by atoms with Crippen molar-refractivity contribution in [3.63, 3.8) is 0 Å². The number of nitrogens with two attached hydrogens (primary N) is 1. The Labute approximate surface area is 106 Å². The summed E-state index contributed by atoms with van der Waals surface area (Å²) >= 11 is 0. The summed E-state index contributed by atoms with van der Waals surface area (Å²) in [4.78, 5) is 7.95. The van der Waals surface area contributed by atoms with E-state index >= 15 is 0 Å². The number of pyridine rings is 2. The minimum absolute atomic E-state index is 0.370. The number of nitriles is 1. The van der Waals surface area contributed by atoms with Gasteiger partial charge in [0.25, 0.3) is 0 Å². The fourth-order valence-corrected chi connectivity index (χ4v) is 1.58. The fraction of sp³-hybridized carbons (Fsp3) is 0.214. The van der Waals surface area contributed by atoms with E-state index in [0.29, 0.717) is 17.7 Å². The molecule has 0 bridgehead atoms. The van der Waals surface area contributed by atoms with Crippen molar-refractivity contribution in [3.8, 4) is 6.07 Å². The maximum Gasteiger partial charge on any atom is 0.140 e. The van der Waals surface area contributed by atoms with Gasteiger partial charge in [0.2, 0.25) is 0 Å². The van der Waals surface area contributed by atoms with E-state index in [1.165, 1.54) is 0 Å². The fourth-order valence-electron chi connectivity index (χ4n) is 1.58. The first-order valence-electron chi connectivity index (χ1n) is 5.79. The maximum absolute atomic E-state index is 8.23. The van der Waals surface area contributed by atoms with E-state index in [1.807, 2.05) is 30.5 Å². The predicted octanol–water partition coefficient (Wildman–Crippen LogP) is 1.85. The molecule has 2 atom stereocenters. The highest BCUT2D eigenvalue weighted by molar-refractivity contribution is 5.19. The van der Waals surface area contributed by atoms with Gasteiger partial charge in [-0.15, -0.1) is 0 Å². The van der Waals surface area contributed by atoms with Crippen LogP contribution in [0, 0.1) is 11.3 Å². The van der Waals surface area contributed by atoms with E-state index in [9.17, 15) is 0 Å². The highest BCUT2D eigenvalue weighted by Crippen LogP contribution is 2.37. The van der Waals surface area contributed by atoms with E-state index in [-0.39, 0.29) is 0 Å². The van der Waals surface area contributed by atoms with Crippen LogP contribution in [0.1, 0.15) is 23.7 Å². The third-order valence-corrected chi connectivity index (χ3v) is 2.69. The van der Waals surface area contributed by atoms with E-state index in [0.717, 1.165) is 12.1 Å². The monoisotopic (exact) mass is 238 g/mol. The zero-order valence-corrected chi connectivity index (χ0v) is 9.90.